The number of likely N-dealkylation sites (tertiary alicyclic amines) is 1. The van der Waals surface area contributed by atoms with Gasteiger partial charge in [-0.05, 0) is 54.6 Å². The quantitative estimate of drug-likeness (QED) is 0.553. The summed E-state index contributed by atoms with van der Waals surface area (Å²) in [6.07, 6.45) is 4.48. The molecule has 0 aromatic heterocycles. The van der Waals surface area contributed by atoms with Crippen molar-refractivity contribution in [2.45, 2.75) is 42.3 Å². The molecule has 1 aliphatic carbocycles. The third-order valence-corrected chi connectivity index (χ3v) is 7.56. The van der Waals surface area contributed by atoms with E-state index >= 15 is 0 Å². The molecule has 156 valence electrons. The van der Waals surface area contributed by atoms with Crippen molar-refractivity contribution in [3.05, 3.63) is 59.7 Å². The van der Waals surface area contributed by atoms with Crippen molar-refractivity contribution in [3.63, 3.8) is 0 Å². The highest BCUT2D eigenvalue weighted by atomic mass is 32.2. The molecule has 2 atom stereocenters. The number of carbonyl (C=O) groups is 1. The number of amides is 1. The van der Waals surface area contributed by atoms with Gasteiger partial charge in [-0.25, -0.2) is 4.79 Å². The van der Waals surface area contributed by atoms with Crippen molar-refractivity contribution in [2.75, 3.05) is 24.7 Å². The smallest absolute Gasteiger partial charge is 0.411 e. The maximum Gasteiger partial charge on any atom is 0.411 e. The predicted molar refractivity (Wildman–Crippen MR) is 124 cm³/mol. The number of nitrogens with one attached hydrogen (secondary N) is 1. The predicted octanol–water partition coefficient (Wildman–Crippen LogP) is 4.69. The van der Waals surface area contributed by atoms with E-state index in [2.05, 4.69) is 52.9 Å². The molecule has 3 aliphatic rings. The van der Waals surface area contributed by atoms with E-state index in [4.69, 9.17) is 17.0 Å². The number of anilines is 1. The van der Waals surface area contributed by atoms with Crippen LogP contribution in [-0.2, 0) is 11.2 Å². The molecule has 0 saturated carbocycles. The first kappa shape index (κ1) is 19.7. The number of piperidine rings is 1. The first-order valence-corrected chi connectivity index (χ1v) is 12.0. The molecule has 2 aromatic rings. The summed E-state index contributed by atoms with van der Waals surface area (Å²) in [5.41, 5.74) is 3.60. The Hall–Kier alpha value is -2.25. The number of carbonyl (C=O) groups excluding carboxylic acids is 1. The van der Waals surface area contributed by atoms with Crippen LogP contribution in [0.2, 0.25) is 0 Å². The second-order valence-electron chi connectivity index (χ2n) is 8.03. The van der Waals surface area contributed by atoms with Gasteiger partial charge in [0.15, 0.2) is 5.11 Å². The molecule has 1 amide bonds. The standard InChI is InChI=1S/C23H25N3O2S2/c1-30-20-9-5-4-8-18(20)24-22(29)25-12-10-16(11-13-25)26-21-17-7-3-2-6-15(17)14-19(21)28-23(26)27/h2-9,16,19,21H,10-14H2,1H3,(H,24,29). The Morgan fingerprint density at radius 1 is 1.13 bits per heavy atom. The number of thioether (sulfide) groups is 1. The van der Waals surface area contributed by atoms with Gasteiger partial charge in [0.1, 0.15) is 6.10 Å². The maximum absolute atomic E-state index is 12.7. The van der Waals surface area contributed by atoms with Crippen molar-refractivity contribution in [1.29, 1.82) is 0 Å². The fourth-order valence-electron chi connectivity index (χ4n) is 4.94. The maximum atomic E-state index is 12.7. The number of para-hydroxylation sites is 1. The van der Waals surface area contributed by atoms with E-state index < -0.39 is 0 Å². The molecule has 7 heteroatoms. The lowest BCUT2D eigenvalue weighted by atomic mass is 9.99. The summed E-state index contributed by atoms with van der Waals surface area (Å²) in [6.45, 7) is 1.67. The zero-order chi connectivity index (χ0) is 20.7. The number of rotatable bonds is 3. The largest absolute Gasteiger partial charge is 0.443 e. The number of hydrogen-bond acceptors (Lipinski definition) is 4. The molecule has 5 nitrogen and oxygen atoms in total. The molecule has 2 heterocycles. The molecule has 2 saturated heterocycles. The van der Waals surface area contributed by atoms with Crippen molar-refractivity contribution in [1.82, 2.24) is 9.80 Å². The molecule has 2 fully saturated rings. The number of thiocarbonyl (C=S) groups is 1. The molecule has 2 aliphatic heterocycles. The fraction of sp³-hybridized carbons (Fsp3) is 0.391. The van der Waals surface area contributed by atoms with Gasteiger partial charge in [0.25, 0.3) is 0 Å². The minimum Gasteiger partial charge on any atom is -0.443 e. The van der Waals surface area contributed by atoms with Gasteiger partial charge in [-0.1, -0.05) is 36.4 Å². The van der Waals surface area contributed by atoms with Crippen LogP contribution in [0.15, 0.2) is 53.4 Å². The van der Waals surface area contributed by atoms with Crippen molar-refractivity contribution in [3.8, 4) is 0 Å². The fourth-order valence-corrected chi connectivity index (χ4v) is 5.79. The van der Waals surface area contributed by atoms with Crippen LogP contribution >= 0.6 is 24.0 Å². The normalized spacial score (nSPS) is 23.2. The number of nitrogens with zero attached hydrogens (tertiary/aromatic N) is 2. The van der Waals surface area contributed by atoms with Crippen LogP contribution in [0.4, 0.5) is 10.5 Å². The lowest BCUT2D eigenvalue weighted by Gasteiger charge is -2.39. The van der Waals surface area contributed by atoms with Gasteiger partial charge in [0.05, 0.1) is 11.7 Å². The Labute approximate surface area is 186 Å². The van der Waals surface area contributed by atoms with Gasteiger partial charge < -0.3 is 15.0 Å². The topological polar surface area (TPSA) is 44.8 Å². The summed E-state index contributed by atoms with van der Waals surface area (Å²) < 4.78 is 5.75. The van der Waals surface area contributed by atoms with Crippen LogP contribution in [0.3, 0.4) is 0 Å². The summed E-state index contributed by atoms with van der Waals surface area (Å²) >= 11 is 7.39. The summed E-state index contributed by atoms with van der Waals surface area (Å²) in [6, 6.07) is 16.9. The highest BCUT2D eigenvalue weighted by Crippen LogP contribution is 2.44. The average molecular weight is 440 g/mol. The average Bonchev–Trinajstić information content (AvgIpc) is 3.28. The lowest BCUT2D eigenvalue weighted by Crippen LogP contribution is -2.48. The highest BCUT2D eigenvalue weighted by Gasteiger charge is 2.50. The molecule has 2 aromatic carbocycles. The minimum absolute atomic E-state index is 0.0429. The number of fused-ring (bicyclic) bond motifs is 3. The molecule has 0 bridgehead atoms. The summed E-state index contributed by atoms with van der Waals surface area (Å²) in [5.74, 6) is 0. The number of hydrogen-bond donors (Lipinski definition) is 1. The van der Waals surface area contributed by atoms with E-state index in [1.54, 1.807) is 11.8 Å². The van der Waals surface area contributed by atoms with E-state index in [1.165, 1.54) is 16.0 Å². The monoisotopic (exact) mass is 439 g/mol. The minimum atomic E-state index is -0.160. The Morgan fingerprint density at radius 3 is 2.67 bits per heavy atom. The highest BCUT2D eigenvalue weighted by molar-refractivity contribution is 7.98. The molecular formula is C23H25N3O2S2. The van der Waals surface area contributed by atoms with Crippen LogP contribution in [0.25, 0.3) is 0 Å². The van der Waals surface area contributed by atoms with E-state index in [9.17, 15) is 4.79 Å². The van der Waals surface area contributed by atoms with Crippen molar-refractivity contribution < 1.29 is 9.53 Å². The summed E-state index contributed by atoms with van der Waals surface area (Å²) in [7, 11) is 0. The second-order valence-corrected chi connectivity index (χ2v) is 9.26. The molecule has 2 unspecified atom stereocenters. The molecule has 1 N–H and O–H groups in total. The van der Waals surface area contributed by atoms with Crippen LogP contribution in [0, 0.1) is 0 Å². The lowest BCUT2D eigenvalue weighted by molar-refractivity contribution is 0.118. The van der Waals surface area contributed by atoms with Gasteiger partial charge in [-0.3, -0.25) is 4.90 Å². The Bertz CT molecular complexity index is 974. The van der Waals surface area contributed by atoms with Crippen LogP contribution in [0.1, 0.15) is 30.0 Å². The SMILES string of the molecule is CSc1ccccc1NC(=S)N1CCC(N2C(=O)OC3Cc4ccccc4C32)CC1. The number of ether oxygens (including phenoxy) is 1. The van der Waals surface area contributed by atoms with Gasteiger partial charge in [-0.15, -0.1) is 11.8 Å². The zero-order valence-corrected chi connectivity index (χ0v) is 18.5. The van der Waals surface area contributed by atoms with E-state index in [0.717, 1.165) is 43.2 Å². The van der Waals surface area contributed by atoms with Crippen molar-refractivity contribution >= 4 is 40.9 Å². The Kier molecular flexibility index (Phi) is 5.33. The van der Waals surface area contributed by atoms with E-state index in [1.807, 2.05) is 17.0 Å². The Morgan fingerprint density at radius 2 is 1.87 bits per heavy atom. The van der Waals surface area contributed by atoms with Crippen molar-refractivity contribution in [2.24, 2.45) is 0 Å². The molecule has 5 rings (SSSR count). The van der Waals surface area contributed by atoms with Gasteiger partial charge in [-0.2, -0.15) is 0 Å². The van der Waals surface area contributed by atoms with Crippen LogP contribution < -0.4 is 5.32 Å². The Balaban J connectivity index is 1.25. The first-order valence-electron chi connectivity index (χ1n) is 10.4. The number of benzene rings is 2. The molecular weight excluding hydrogens is 414 g/mol. The first-order chi connectivity index (χ1) is 14.7. The van der Waals surface area contributed by atoms with E-state index in [0.29, 0.717) is 0 Å². The van der Waals surface area contributed by atoms with Gasteiger partial charge in [0, 0.05) is 30.4 Å². The van der Waals surface area contributed by atoms with Crippen LogP contribution in [-0.4, -0.2) is 52.5 Å². The third-order valence-electron chi connectivity index (χ3n) is 6.40. The van der Waals surface area contributed by atoms with Crippen LogP contribution in [0.5, 0.6) is 0 Å². The third kappa shape index (κ3) is 3.44. The van der Waals surface area contributed by atoms with E-state index in [-0.39, 0.29) is 24.3 Å². The molecule has 30 heavy (non-hydrogen) atoms. The second kappa shape index (κ2) is 8.12. The zero-order valence-electron chi connectivity index (χ0n) is 16.9. The summed E-state index contributed by atoms with van der Waals surface area (Å²) in [4.78, 5) is 18.1. The van der Waals surface area contributed by atoms with Gasteiger partial charge >= 0.3 is 6.09 Å². The molecule has 0 spiro atoms. The summed E-state index contributed by atoms with van der Waals surface area (Å²) in [5, 5.41) is 4.16. The van der Waals surface area contributed by atoms with Gasteiger partial charge in [0.2, 0.25) is 0 Å². The molecule has 0 radical (unpaired) electrons.